The van der Waals surface area contributed by atoms with Crippen LogP contribution in [0.5, 0.6) is 0 Å². The van der Waals surface area contributed by atoms with E-state index in [1.165, 1.54) is 48.5 Å². The molecule has 23 heavy (non-hydrogen) atoms. The van der Waals surface area contributed by atoms with Crippen LogP contribution in [0.25, 0.3) is 0 Å². The highest BCUT2D eigenvalue weighted by molar-refractivity contribution is 8.98. The fourth-order valence-corrected chi connectivity index (χ4v) is 10.0. The average Bonchev–Trinajstić information content (AvgIpc) is 2.48. The maximum Gasteiger partial charge on any atom is 0.358 e. The molecule has 9 heteroatoms. The van der Waals surface area contributed by atoms with Crippen molar-refractivity contribution in [3.8, 4) is 0 Å². The standard InChI is InChI=1S/C14H14O6S3/c15-21(16,11-13-7-3-1-4-8-13)23(19,20)22(17,18)12-14-9-5-2-6-10-14/h1-10H,11-12H2. The number of hydrogen-bond acceptors (Lipinski definition) is 6. The molecule has 0 heterocycles. The van der Waals surface area contributed by atoms with Crippen molar-refractivity contribution in [2.45, 2.75) is 11.5 Å². The molecule has 0 aliphatic rings. The molecule has 0 bridgehead atoms. The van der Waals surface area contributed by atoms with E-state index in [2.05, 4.69) is 0 Å². The summed E-state index contributed by atoms with van der Waals surface area (Å²) in [5, 5.41) is 0. The zero-order chi connectivity index (χ0) is 17.1. The molecule has 0 amide bonds. The molecule has 2 rings (SSSR count). The highest BCUT2D eigenvalue weighted by Crippen LogP contribution is 2.21. The Hall–Kier alpha value is -1.71. The van der Waals surface area contributed by atoms with E-state index in [0.717, 1.165) is 0 Å². The second kappa shape index (κ2) is 6.42. The smallest absolute Gasteiger partial charge is 0.211 e. The first-order valence-corrected chi connectivity index (χ1v) is 12.3. The summed E-state index contributed by atoms with van der Waals surface area (Å²) in [5.74, 6) is -1.77. The summed E-state index contributed by atoms with van der Waals surface area (Å²) in [6, 6.07) is 15.1. The molecule has 0 radical (unpaired) electrons. The summed E-state index contributed by atoms with van der Waals surface area (Å²) >= 11 is 0. The van der Waals surface area contributed by atoms with Gasteiger partial charge in [0.1, 0.15) is 0 Å². The lowest BCUT2D eigenvalue weighted by molar-refractivity contribution is 0.577. The third kappa shape index (κ3) is 3.80. The zero-order valence-corrected chi connectivity index (χ0v) is 14.3. The predicted octanol–water partition coefficient (Wildman–Crippen LogP) is 1.46. The third-order valence-corrected chi connectivity index (χ3v) is 13.8. The normalized spacial score (nSPS) is 12.9. The Balaban J connectivity index is 2.36. The maximum absolute atomic E-state index is 12.1. The van der Waals surface area contributed by atoms with Gasteiger partial charge in [-0.15, -0.1) is 0 Å². The SMILES string of the molecule is O=S(=O)(Cc1ccccc1)S(=O)(=O)S(=O)(=O)Cc1ccccc1. The van der Waals surface area contributed by atoms with Crippen molar-refractivity contribution in [2.24, 2.45) is 0 Å². The van der Waals surface area contributed by atoms with Crippen molar-refractivity contribution in [2.75, 3.05) is 0 Å². The molecule has 0 spiro atoms. The Bertz CT molecular complexity index is 899. The summed E-state index contributed by atoms with van der Waals surface area (Å²) in [6.07, 6.45) is 0. The molecule has 0 aliphatic heterocycles. The van der Waals surface area contributed by atoms with Gasteiger partial charge in [-0.3, -0.25) is 0 Å². The van der Waals surface area contributed by atoms with Crippen LogP contribution in [0.1, 0.15) is 11.1 Å². The summed E-state index contributed by atoms with van der Waals surface area (Å²) < 4.78 is 72.6. The lowest BCUT2D eigenvalue weighted by Crippen LogP contribution is -2.27. The Labute approximate surface area is 134 Å². The van der Waals surface area contributed by atoms with E-state index in [1.807, 2.05) is 0 Å². The van der Waals surface area contributed by atoms with E-state index >= 15 is 0 Å². The Morgan fingerprint density at radius 2 is 0.826 bits per heavy atom. The van der Waals surface area contributed by atoms with Crippen LogP contribution >= 0.6 is 0 Å². The second-order valence-electron chi connectivity index (χ2n) is 4.78. The molecule has 0 unspecified atom stereocenters. The Morgan fingerprint density at radius 1 is 0.522 bits per heavy atom. The molecular formula is C14H14O6S3. The van der Waals surface area contributed by atoms with Gasteiger partial charge >= 0.3 is 7.90 Å². The van der Waals surface area contributed by atoms with Crippen molar-refractivity contribution >= 4 is 25.6 Å². The summed E-state index contributed by atoms with van der Waals surface area (Å²) in [5.41, 5.74) is 0.400. The van der Waals surface area contributed by atoms with Gasteiger partial charge in [0.05, 0.1) is 11.5 Å². The van der Waals surface area contributed by atoms with Gasteiger partial charge in [0, 0.05) is 0 Å². The van der Waals surface area contributed by atoms with Crippen LogP contribution < -0.4 is 0 Å². The summed E-state index contributed by atoms with van der Waals surface area (Å²) in [4.78, 5) is 0. The van der Waals surface area contributed by atoms with Crippen molar-refractivity contribution in [1.29, 1.82) is 0 Å². The lowest BCUT2D eigenvalue weighted by Gasteiger charge is -2.08. The minimum absolute atomic E-state index is 0.200. The summed E-state index contributed by atoms with van der Waals surface area (Å²) in [6.45, 7) is 0. The van der Waals surface area contributed by atoms with Gasteiger partial charge in [-0.2, -0.15) is 8.42 Å². The molecule has 0 N–H and O–H groups in total. The van der Waals surface area contributed by atoms with Gasteiger partial charge in [0.15, 0.2) is 0 Å². The minimum Gasteiger partial charge on any atom is -0.211 e. The van der Waals surface area contributed by atoms with Gasteiger partial charge in [-0.1, -0.05) is 60.7 Å². The molecule has 6 nitrogen and oxygen atoms in total. The molecule has 0 saturated carbocycles. The average molecular weight is 374 g/mol. The first-order chi connectivity index (χ1) is 10.7. The van der Waals surface area contributed by atoms with Crippen LogP contribution in [0.4, 0.5) is 0 Å². The van der Waals surface area contributed by atoms with E-state index in [9.17, 15) is 25.3 Å². The van der Waals surface area contributed by atoms with Crippen LogP contribution in [-0.4, -0.2) is 25.3 Å². The van der Waals surface area contributed by atoms with E-state index in [1.54, 1.807) is 12.1 Å². The van der Waals surface area contributed by atoms with E-state index in [-0.39, 0.29) is 11.1 Å². The van der Waals surface area contributed by atoms with E-state index < -0.39 is 37.1 Å². The van der Waals surface area contributed by atoms with Gasteiger partial charge in [0.25, 0.3) is 17.7 Å². The van der Waals surface area contributed by atoms with Crippen molar-refractivity contribution in [3.05, 3.63) is 71.8 Å². The second-order valence-corrected chi connectivity index (χ2v) is 14.7. The van der Waals surface area contributed by atoms with Crippen molar-refractivity contribution in [3.63, 3.8) is 0 Å². The predicted molar refractivity (Wildman–Crippen MR) is 87.1 cm³/mol. The molecule has 2 aromatic rings. The van der Waals surface area contributed by atoms with Crippen LogP contribution in [0, 0.1) is 0 Å². The topological polar surface area (TPSA) is 102 Å². The van der Waals surface area contributed by atoms with E-state index in [4.69, 9.17) is 0 Å². The van der Waals surface area contributed by atoms with Crippen molar-refractivity contribution in [1.82, 2.24) is 0 Å². The molecule has 0 aromatic heterocycles. The molecule has 2 aromatic carbocycles. The van der Waals surface area contributed by atoms with Gasteiger partial charge in [-0.05, 0) is 11.1 Å². The largest absolute Gasteiger partial charge is 0.358 e. The molecule has 0 aliphatic carbocycles. The van der Waals surface area contributed by atoms with Crippen LogP contribution in [0.3, 0.4) is 0 Å². The molecule has 124 valence electrons. The fraction of sp³-hybridized carbons (Fsp3) is 0.143. The van der Waals surface area contributed by atoms with E-state index in [0.29, 0.717) is 0 Å². The number of rotatable bonds is 6. The number of benzene rings is 2. The fourth-order valence-electron chi connectivity index (χ4n) is 1.86. The molecule has 0 saturated heterocycles. The van der Waals surface area contributed by atoms with Crippen LogP contribution in [0.2, 0.25) is 0 Å². The summed E-state index contributed by atoms with van der Waals surface area (Å²) in [7, 11) is -15.2. The Kier molecular flexibility index (Phi) is 4.92. The molecule has 0 atom stereocenters. The quantitative estimate of drug-likeness (QED) is 0.709. The highest BCUT2D eigenvalue weighted by atomic mass is 33.6. The van der Waals surface area contributed by atoms with Crippen LogP contribution in [-0.2, 0) is 37.1 Å². The lowest BCUT2D eigenvalue weighted by atomic mass is 10.2. The molecular weight excluding hydrogens is 360 g/mol. The van der Waals surface area contributed by atoms with Gasteiger partial charge in [-0.25, -0.2) is 16.8 Å². The molecule has 0 fully saturated rings. The first kappa shape index (κ1) is 17.6. The highest BCUT2D eigenvalue weighted by Gasteiger charge is 2.42. The first-order valence-electron chi connectivity index (χ1n) is 6.44. The Morgan fingerprint density at radius 3 is 1.13 bits per heavy atom. The number of hydrogen-bond donors (Lipinski definition) is 0. The van der Waals surface area contributed by atoms with Gasteiger partial charge < -0.3 is 0 Å². The minimum atomic E-state index is -5.39. The van der Waals surface area contributed by atoms with Crippen LogP contribution in [0.15, 0.2) is 60.7 Å². The maximum atomic E-state index is 12.1. The third-order valence-electron chi connectivity index (χ3n) is 2.99. The van der Waals surface area contributed by atoms with Gasteiger partial charge in [0.2, 0.25) is 0 Å². The monoisotopic (exact) mass is 374 g/mol. The zero-order valence-electron chi connectivity index (χ0n) is 11.9. The van der Waals surface area contributed by atoms with Crippen molar-refractivity contribution < 1.29 is 25.3 Å².